The van der Waals surface area contributed by atoms with Gasteiger partial charge in [0.1, 0.15) is 0 Å². The third-order valence-electron chi connectivity index (χ3n) is 7.99. The molecule has 32 heavy (non-hydrogen) atoms. The van der Waals surface area contributed by atoms with Crippen LogP contribution in [-0.4, -0.2) is 23.5 Å². The van der Waals surface area contributed by atoms with Crippen LogP contribution < -0.4 is 5.32 Å². The van der Waals surface area contributed by atoms with E-state index in [-0.39, 0.29) is 11.5 Å². The number of nitrogens with zero attached hydrogens (tertiary/aromatic N) is 1. The van der Waals surface area contributed by atoms with Gasteiger partial charge < -0.3 is 5.32 Å². The van der Waals surface area contributed by atoms with Crippen LogP contribution in [0, 0.1) is 6.92 Å². The highest BCUT2D eigenvalue weighted by atomic mass is 35.5. The van der Waals surface area contributed by atoms with Gasteiger partial charge in [0, 0.05) is 39.8 Å². The van der Waals surface area contributed by atoms with E-state index in [0.29, 0.717) is 12.1 Å². The number of anilines is 1. The van der Waals surface area contributed by atoms with E-state index in [1.165, 1.54) is 42.5 Å². The Balaban J connectivity index is 1.43. The van der Waals surface area contributed by atoms with E-state index in [1.807, 2.05) is 24.3 Å². The van der Waals surface area contributed by atoms with Crippen molar-refractivity contribution in [1.29, 1.82) is 0 Å². The number of aryl methyl sites for hydroxylation is 1. The summed E-state index contributed by atoms with van der Waals surface area (Å²) in [7, 11) is 0. The largest absolute Gasteiger partial charge is 0.384 e. The molecule has 2 nitrogen and oxygen atoms in total. The van der Waals surface area contributed by atoms with Crippen LogP contribution in [-0.2, 0) is 5.41 Å². The Kier molecular flexibility index (Phi) is 5.02. The summed E-state index contributed by atoms with van der Waals surface area (Å²) in [5.41, 5.74) is 6.77. The average molecular weight is 463 g/mol. The summed E-state index contributed by atoms with van der Waals surface area (Å²) in [4.78, 5) is 2.75. The highest BCUT2D eigenvalue weighted by Crippen LogP contribution is 2.55. The molecule has 3 aliphatic heterocycles. The highest BCUT2D eigenvalue weighted by molar-refractivity contribution is 6.32. The zero-order chi connectivity index (χ0) is 21.9. The van der Waals surface area contributed by atoms with Gasteiger partial charge in [-0.05, 0) is 67.5 Å². The normalized spacial score (nSPS) is 26.5. The number of rotatable bonds is 3. The van der Waals surface area contributed by atoms with Gasteiger partial charge in [-0.1, -0.05) is 77.3 Å². The summed E-state index contributed by atoms with van der Waals surface area (Å²) in [5, 5.41) is 5.36. The fraction of sp³-hybridized carbons (Fsp3) is 0.357. The molecule has 2 bridgehead atoms. The first-order valence-electron chi connectivity index (χ1n) is 11.7. The molecule has 3 heterocycles. The minimum absolute atomic E-state index is 0.0820. The maximum Gasteiger partial charge on any atom is 0.0636 e. The molecule has 0 amide bonds. The van der Waals surface area contributed by atoms with Crippen LogP contribution in [0.2, 0.25) is 10.0 Å². The molecule has 0 aromatic heterocycles. The lowest BCUT2D eigenvalue weighted by molar-refractivity contribution is 0.0640. The quantitative estimate of drug-likeness (QED) is 0.436. The van der Waals surface area contributed by atoms with Gasteiger partial charge in [-0.15, -0.1) is 0 Å². The van der Waals surface area contributed by atoms with E-state index < -0.39 is 0 Å². The van der Waals surface area contributed by atoms with Gasteiger partial charge in [0.2, 0.25) is 0 Å². The fourth-order valence-electron chi connectivity index (χ4n) is 6.66. The van der Waals surface area contributed by atoms with Crippen molar-refractivity contribution in [2.24, 2.45) is 0 Å². The summed E-state index contributed by atoms with van der Waals surface area (Å²) >= 11 is 13.6. The zero-order valence-corrected chi connectivity index (χ0v) is 19.8. The number of benzene rings is 3. The number of nitrogens with one attached hydrogen (secondary N) is 1. The Bertz CT molecular complexity index is 1110. The average Bonchev–Trinajstić information content (AvgIpc) is 3.25. The van der Waals surface area contributed by atoms with Crippen molar-refractivity contribution < 1.29 is 0 Å². The summed E-state index contributed by atoms with van der Waals surface area (Å²) in [6.45, 7) is 3.26. The Morgan fingerprint density at radius 2 is 1.47 bits per heavy atom. The van der Waals surface area contributed by atoms with Crippen LogP contribution in [0.15, 0.2) is 66.7 Å². The predicted octanol–water partition coefficient (Wildman–Crippen LogP) is 7.38. The molecular formula is C28H28Cl2N2. The van der Waals surface area contributed by atoms with Crippen LogP contribution in [0.4, 0.5) is 5.69 Å². The zero-order valence-electron chi connectivity index (χ0n) is 18.3. The number of halogens is 2. The van der Waals surface area contributed by atoms with Crippen molar-refractivity contribution in [3.8, 4) is 0 Å². The lowest BCUT2D eigenvalue weighted by Crippen LogP contribution is -2.51. The Labute approximate surface area is 200 Å². The molecule has 4 heteroatoms. The minimum Gasteiger partial charge on any atom is -0.384 e. The van der Waals surface area contributed by atoms with E-state index in [2.05, 4.69) is 59.6 Å². The summed E-state index contributed by atoms with van der Waals surface area (Å²) in [6.07, 6.45) is 4.83. The highest BCUT2D eigenvalue weighted by Gasteiger charge is 2.53. The summed E-state index contributed by atoms with van der Waals surface area (Å²) < 4.78 is 0. The van der Waals surface area contributed by atoms with Crippen LogP contribution >= 0.6 is 23.2 Å². The topological polar surface area (TPSA) is 15.3 Å². The first-order valence-corrected chi connectivity index (χ1v) is 12.4. The SMILES string of the molecule is Cc1ccc2c(c1)C1(CN2)C[C@@H]2CC[C@@H](C1)N2C(c1ccccc1Cl)c1ccccc1Cl. The van der Waals surface area contributed by atoms with Gasteiger partial charge in [-0.2, -0.15) is 0 Å². The number of fused-ring (bicyclic) bond motifs is 4. The third kappa shape index (κ3) is 3.19. The van der Waals surface area contributed by atoms with Gasteiger partial charge in [0.05, 0.1) is 6.04 Å². The fourth-order valence-corrected chi connectivity index (χ4v) is 7.14. The monoisotopic (exact) mass is 462 g/mol. The molecule has 1 N–H and O–H groups in total. The molecule has 2 atom stereocenters. The van der Waals surface area contributed by atoms with E-state index in [0.717, 1.165) is 27.7 Å². The second kappa shape index (κ2) is 7.80. The number of hydrogen-bond donors (Lipinski definition) is 1. The summed E-state index contributed by atoms with van der Waals surface area (Å²) in [5.74, 6) is 0. The Morgan fingerprint density at radius 1 is 0.875 bits per heavy atom. The molecule has 3 aliphatic rings. The van der Waals surface area contributed by atoms with Crippen LogP contribution in [0.5, 0.6) is 0 Å². The smallest absolute Gasteiger partial charge is 0.0636 e. The molecule has 1 spiro atoms. The molecule has 0 saturated carbocycles. The van der Waals surface area contributed by atoms with Gasteiger partial charge >= 0.3 is 0 Å². The van der Waals surface area contributed by atoms with Crippen LogP contribution in [0.25, 0.3) is 0 Å². The molecular weight excluding hydrogens is 435 g/mol. The second-order valence-corrected chi connectivity index (χ2v) is 10.7. The van der Waals surface area contributed by atoms with Crippen molar-refractivity contribution in [1.82, 2.24) is 4.90 Å². The maximum atomic E-state index is 6.78. The first-order chi connectivity index (χ1) is 15.6. The molecule has 0 unspecified atom stereocenters. The van der Waals surface area contributed by atoms with E-state index >= 15 is 0 Å². The second-order valence-electron chi connectivity index (χ2n) is 9.87. The van der Waals surface area contributed by atoms with Gasteiger partial charge in [0.25, 0.3) is 0 Å². The lowest BCUT2D eigenvalue weighted by Gasteiger charge is -2.48. The van der Waals surface area contributed by atoms with Crippen molar-refractivity contribution in [2.45, 2.75) is 56.1 Å². The standard InChI is InChI=1S/C28H28Cl2N2/c1-18-10-13-26-23(14-18)28(17-31-26)15-19-11-12-20(16-28)32(19)27(21-6-2-4-8-24(21)29)22-7-3-5-9-25(22)30/h2-10,13-14,19-20,27,31H,11-12,15-17H2,1H3/t19-,20-/m0/s1. The molecule has 3 aromatic rings. The van der Waals surface area contributed by atoms with Crippen LogP contribution in [0.3, 0.4) is 0 Å². The third-order valence-corrected chi connectivity index (χ3v) is 8.68. The van der Waals surface area contributed by atoms with Gasteiger partial charge in [-0.3, -0.25) is 4.90 Å². The lowest BCUT2D eigenvalue weighted by atomic mass is 9.70. The van der Waals surface area contributed by atoms with E-state index in [4.69, 9.17) is 23.2 Å². The van der Waals surface area contributed by atoms with Gasteiger partial charge in [0.15, 0.2) is 0 Å². The van der Waals surface area contributed by atoms with Crippen LogP contribution in [0.1, 0.15) is 54.0 Å². The molecule has 0 aliphatic carbocycles. The molecule has 0 radical (unpaired) electrons. The minimum atomic E-state index is 0.0820. The molecule has 6 rings (SSSR count). The molecule has 3 aromatic carbocycles. The van der Waals surface area contributed by atoms with Crippen molar-refractivity contribution in [2.75, 3.05) is 11.9 Å². The molecule has 2 fully saturated rings. The molecule has 2 saturated heterocycles. The predicted molar refractivity (Wildman–Crippen MR) is 134 cm³/mol. The van der Waals surface area contributed by atoms with Crippen molar-refractivity contribution in [3.05, 3.63) is 99.0 Å². The maximum absolute atomic E-state index is 6.78. The Hall–Kier alpha value is -2.00. The van der Waals surface area contributed by atoms with Gasteiger partial charge in [-0.25, -0.2) is 0 Å². The molecule has 164 valence electrons. The van der Waals surface area contributed by atoms with Crippen molar-refractivity contribution >= 4 is 28.9 Å². The number of piperidine rings is 1. The number of hydrogen-bond acceptors (Lipinski definition) is 2. The first kappa shape index (κ1) is 20.6. The van der Waals surface area contributed by atoms with Crippen molar-refractivity contribution in [3.63, 3.8) is 0 Å². The summed E-state index contributed by atoms with van der Waals surface area (Å²) in [6, 6.07) is 24.6. The van der Waals surface area contributed by atoms with E-state index in [9.17, 15) is 0 Å². The van der Waals surface area contributed by atoms with E-state index in [1.54, 1.807) is 0 Å². The Morgan fingerprint density at radius 3 is 2.06 bits per heavy atom.